The molecule has 7 nitrogen and oxygen atoms in total. The van der Waals surface area contributed by atoms with Gasteiger partial charge in [-0.2, -0.15) is 0 Å². The minimum absolute atomic E-state index is 0.0101. The minimum Gasteiger partial charge on any atom is -0.352 e. The van der Waals surface area contributed by atoms with E-state index >= 15 is 0 Å². The molecule has 0 aromatic carbocycles. The molecule has 0 radical (unpaired) electrons. The summed E-state index contributed by atoms with van der Waals surface area (Å²) in [5.41, 5.74) is 0. The van der Waals surface area contributed by atoms with E-state index in [-0.39, 0.29) is 23.3 Å². The van der Waals surface area contributed by atoms with Gasteiger partial charge in [-0.1, -0.05) is 0 Å². The number of nitrogens with zero attached hydrogens (tertiary/aromatic N) is 4. The van der Waals surface area contributed by atoms with Crippen molar-refractivity contribution in [1.82, 2.24) is 14.9 Å². The Balaban J connectivity index is 1.57. The van der Waals surface area contributed by atoms with Crippen LogP contribution in [0.25, 0.3) is 0 Å². The average molecular weight is 310 g/mol. The average Bonchev–Trinajstić information content (AvgIpc) is 2.88. The van der Waals surface area contributed by atoms with Crippen molar-refractivity contribution in [2.45, 2.75) is 6.42 Å². The van der Waals surface area contributed by atoms with Gasteiger partial charge >= 0.3 is 0 Å². The third-order valence-corrected chi connectivity index (χ3v) is 5.81. The van der Waals surface area contributed by atoms with Crippen molar-refractivity contribution in [3.8, 4) is 0 Å². The van der Waals surface area contributed by atoms with Crippen LogP contribution in [0.1, 0.15) is 6.42 Å². The van der Waals surface area contributed by atoms with Crippen LogP contribution in [0.5, 0.6) is 0 Å². The molecule has 0 spiro atoms. The molecule has 8 heteroatoms. The maximum Gasteiger partial charge on any atom is 0.226 e. The van der Waals surface area contributed by atoms with Gasteiger partial charge in [0.05, 0.1) is 23.6 Å². The Bertz CT molecular complexity index is 612. The predicted molar refractivity (Wildman–Crippen MR) is 77.6 cm³/mol. The lowest BCUT2D eigenvalue weighted by molar-refractivity contribution is -0.135. The van der Waals surface area contributed by atoms with E-state index < -0.39 is 9.84 Å². The molecule has 3 rings (SSSR count). The van der Waals surface area contributed by atoms with Crippen molar-refractivity contribution in [1.29, 1.82) is 0 Å². The number of carbonyl (C=O) groups is 1. The summed E-state index contributed by atoms with van der Waals surface area (Å²) in [5.74, 6) is 0.597. The van der Waals surface area contributed by atoms with Gasteiger partial charge in [-0.3, -0.25) is 9.78 Å². The van der Waals surface area contributed by atoms with Crippen LogP contribution in [0.3, 0.4) is 0 Å². The van der Waals surface area contributed by atoms with Gasteiger partial charge in [0.2, 0.25) is 5.91 Å². The van der Waals surface area contributed by atoms with Gasteiger partial charge < -0.3 is 9.80 Å². The summed E-state index contributed by atoms with van der Waals surface area (Å²) < 4.78 is 22.9. The fourth-order valence-corrected chi connectivity index (χ4v) is 4.59. The molecule has 1 atom stereocenters. The van der Waals surface area contributed by atoms with Gasteiger partial charge in [0.1, 0.15) is 5.82 Å². The van der Waals surface area contributed by atoms with Gasteiger partial charge in [-0.15, -0.1) is 0 Å². The molecule has 21 heavy (non-hydrogen) atoms. The van der Waals surface area contributed by atoms with Crippen LogP contribution in [0.15, 0.2) is 18.6 Å². The molecule has 0 aliphatic carbocycles. The molecular weight excluding hydrogens is 292 g/mol. The lowest BCUT2D eigenvalue weighted by Crippen LogP contribution is -2.50. The molecule has 1 aromatic heterocycles. The summed E-state index contributed by atoms with van der Waals surface area (Å²) in [6.45, 7) is 2.60. The highest BCUT2D eigenvalue weighted by atomic mass is 32.2. The summed E-state index contributed by atoms with van der Waals surface area (Å²) in [6, 6.07) is 0. The van der Waals surface area contributed by atoms with E-state index in [1.807, 2.05) is 0 Å². The first-order chi connectivity index (χ1) is 10.1. The van der Waals surface area contributed by atoms with E-state index in [0.717, 1.165) is 5.82 Å². The summed E-state index contributed by atoms with van der Waals surface area (Å²) in [5, 5.41) is 0. The first-order valence-corrected chi connectivity index (χ1v) is 8.87. The van der Waals surface area contributed by atoms with Crippen molar-refractivity contribution in [3.05, 3.63) is 18.6 Å². The lowest BCUT2D eigenvalue weighted by Gasteiger charge is -2.36. The highest BCUT2D eigenvalue weighted by Gasteiger charge is 2.36. The number of piperazine rings is 1. The van der Waals surface area contributed by atoms with Crippen LogP contribution >= 0.6 is 0 Å². The van der Waals surface area contributed by atoms with Gasteiger partial charge in [0, 0.05) is 38.6 Å². The maximum atomic E-state index is 12.3. The summed E-state index contributed by atoms with van der Waals surface area (Å²) in [4.78, 5) is 24.5. The number of hydrogen-bond acceptors (Lipinski definition) is 6. The van der Waals surface area contributed by atoms with E-state index in [1.165, 1.54) is 0 Å². The van der Waals surface area contributed by atoms with Crippen molar-refractivity contribution >= 4 is 21.6 Å². The van der Waals surface area contributed by atoms with Crippen LogP contribution in [0.2, 0.25) is 0 Å². The monoisotopic (exact) mass is 310 g/mol. The van der Waals surface area contributed by atoms with Gasteiger partial charge in [0.25, 0.3) is 0 Å². The molecule has 2 aliphatic rings. The lowest BCUT2D eigenvalue weighted by atomic mass is 10.1. The second-order valence-corrected chi connectivity index (χ2v) is 7.70. The van der Waals surface area contributed by atoms with Crippen LogP contribution in [-0.4, -0.2) is 66.9 Å². The van der Waals surface area contributed by atoms with Gasteiger partial charge in [-0.25, -0.2) is 13.4 Å². The summed E-state index contributed by atoms with van der Waals surface area (Å²) in [6.07, 6.45) is 5.45. The van der Waals surface area contributed by atoms with Crippen LogP contribution < -0.4 is 4.90 Å². The second kappa shape index (κ2) is 5.59. The first kappa shape index (κ1) is 14.2. The van der Waals surface area contributed by atoms with Crippen molar-refractivity contribution in [2.75, 3.05) is 42.6 Å². The molecule has 0 unspecified atom stereocenters. The first-order valence-electron chi connectivity index (χ1n) is 7.05. The van der Waals surface area contributed by atoms with E-state index in [2.05, 4.69) is 14.9 Å². The van der Waals surface area contributed by atoms with E-state index in [9.17, 15) is 13.2 Å². The smallest absolute Gasteiger partial charge is 0.226 e. The molecule has 3 heterocycles. The highest BCUT2D eigenvalue weighted by Crippen LogP contribution is 2.22. The van der Waals surface area contributed by atoms with Crippen LogP contribution in [0, 0.1) is 5.92 Å². The highest BCUT2D eigenvalue weighted by molar-refractivity contribution is 7.91. The topological polar surface area (TPSA) is 83.5 Å². The zero-order valence-electron chi connectivity index (χ0n) is 11.7. The van der Waals surface area contributed by atoms with Gasteiger partial charge in [-0.05, 0) is 6.42 Å². The molecule has 1 aromatic rings. The summed E-state index contributed by atoms with van der Waals surface area (Å²) >= 11 is 0. The second-order valence-electron chi connectivity index (χ2n) is 5.48. The van der Waals surface area contributed by atoms with Crippen molar-refractivity contribution in [3.63, 3.8) is 0 Å². The number of sulfone groups is 1. The fraction of sp³-hybridized carbons (Fsp3) is 0.615. The molecule has 0 N–H and O–H groups in total. The third kappa shape index (κ3) is 3.15. The molecule has 2 aliphatic heterocycles. The van der Waals surface area contributed by atoms with Crippen LogP contribution in [-0.2, 0) is 14.6 Å². The standard InChI is InChI=1S/C13H18N4O3S/c18-13(11-1-8-21(19,20)10-11)17-6-4-16(5-7-17)12-9-14-2-3-15-12/h2-3,9,11H,1,4-8,10H2/t11-/m0/s1. The number of hydrogen-bond donors (Lipinski definition) is 0. The number of carbonyl (C=O) groups excluding carboxylic acids is 1. The van der Waals surface area contributed by atoms with Crippen molar-refractivity contribution in [2.24, 2.45) is 5.92 Å². The Morgan fingerprint density at radius 2 is 1.95 bits per heavy atom. The zero-order valence-corrected chi connectivity index (χ0v) is 12.5. The normalized spacial score (nSPS) is 25.0. The quantitative estimate of drug-likeness (QED) is 0.736. The number of amides is 1. The molecule has 114 valence electrons. The molecular formula is C13H18N4O3S. The predicted octanol–water partition coefficient (Wildman–Crippen LogP) is -0.440. The Kier molecular flexibility index (Phi) is 3.79. The van der Waals surface area contributed by atoms with Crippen molar-refractivity contribution < 1.29 is 13.2 Å². The number of aromatic nitrogens is 2. The molecule has 0 bridgehead atoms. The largest absolute Gasteiger partial charge is 0.352 e. The summed E-state index contributed by atoms with van der Waals surface area (Å²) in [7, 11) is -3.01. The minimum atomic E-state index is -3.01. The number of rotatable bonds is 2. The third-order valence-electron chi connectivity index (χ3n) is 4.05. The fourth-order valence-electron chi connectivity index (χ4n) is 2.86. The zero-order chi connectivity index (χ0) is 14.9. The van der Waals surface area contributed by atoms with Gasteiger partial charge in [0.15, 0.2) is 9.84 Å². The number of anilines is 1. The SMILES string of the molecule is O=C([C@H]1CCS(=O)(=O)C1)N1CCN(c2cnccn2)CC1. The molecule has 2 fully saturated rings. The Morgan fingerprint density at radius 1 is 1.19 bits per heavy atom. The molecule has 0 saturated carbocycles. The molecule has 1 amide bonds. The van der Waals surface area contributed by atoms with E-state index in [4.69, 9.17) is 0 Å². The van der Waals surface area contributed by atoms with E-state index in [1.54, 1.807) is 23.5 Å². The van der Waals surface area contributed by atoms with E-state index in [0.29, 0.717) is 32.6 Å². The molecule has 2 saturated heterocycles. The Labute approximate surface area is 123 Å². The maximum absolute atomic E-state index is 12.3. The van der Waals surface area contributed by atoms with Crippen LogP contribution in [0.4, 0.5) is 5.82 Å². The Morgan fingerprint density at radius 3 is 2.52 bits per heavy atom. The Hall–Kier alpha value is -1.70.